The van der Waals surface area contributed by atoms with E-state index < -0.39 is 6.04 Å². The van der Waals surface area contributed by atoms with Crippen molar-refractivity contribution < 1.29 is 9.59 Å². The van der Waals surface area contributed by atoms with Crippen molar-refractivity contribution in [2.24, 2.45) is 5.92 Å². The van der Waals surface area contributed by atoms with Crippen LogP contribution in [0.1, 0.15) is 37.0 Å². The van der Waals surface area contributed by atoms with Crippen molar-refractivity contribution in [3.8, 4) is 0 Å². The van der Waals surface area contributed by atoms with Crippen molar-refractivity contribution >= 4 is 46.6 Å². The van der Waals surface area contributed by atoms with Gasteiger partial charge in [0.2, 0.25) is 11.8 Å². The van der Waals surface area contributed by atoms with Gasteiger partial charge in [-0.1, -0.05) is 103 Å². The first-order valence-electron chi connectivity index (χ1n) is 12.0. The normalized spacial score (nSPS) is 11.8. The van der Waals surface area contributed by atoms with Gasteiger partial charge in [0.05, 0.1) is 0 Å². The van der Waals surface area contributed by atoms with Crippen LogP contribution < -0.4 is 5.32 Å². The summed E-state index contributed by atoms with van der Waals surface area (Å²) in [6, 6.07) is 21.6. The summed E-state index contributed by atoms with van der Waals surface area (Å²) in [6.45, 7) is 4.69. The average Bonchev–Trinajstić information content (AvgIpc) is 2.86. The molecule has 36 heavy (non-hydrogen) atoms. The fourth-order valence-electron chi connectivity index (χ4n) is 3.92. The first-order chi connectivity index (χ1) is 17.3. The van der Waals surface area contributed by atoms with E-state index in [1.807, 2.05) is 62.4 Å². The Balaban J connectivity index is 1.96. The summed E-state index contributed by atoms with van der Waals surface area (Å²) in [5, 5.41) is 4.53. The molecule has 4 nitrogen and oxygen atoms in total. The lowest BCUT2D eigenvalue weighted by molar-refractivity contribution is -0.141. The molecule has 3 rings (SSSR count). The number of carbonyl (C=O) groups excluding carboxylic acids is 2. The highest BCUT2D eigenvalue weighted by atomic mass is 35.5. The van der Waals surface area contributed by atoms with Crippen LogP contribution in [0, 0.1) is 5.92 Å². The van der Waals surface area contributed by atoms with Gasteiger partial charge in [-0.2, -0.15) is 0 Å². The minimum Gasteiger partial charge on any atom is -0.354 e. The van der Waals surface area contributed by atoms with Crippen molar-refractivity contribution in [2.45, 2.75) is 45.7 Å². The maximum atomic E-state index is 13.7. The molecule has 0 aliphatic rings. The molecule has 0 radical (unpaired) electrons. The van der Waals surface area contributed by atoms with Gasteiger partial charge in [-0.25, -0.2) is 0 Å². The van der Waals surface area contributed by atoms with Crippen LogP contribution >= 0.6 is 34.8 Å². The topological polar surface area (TPSA) is 49.4 Å². The predicted octanol–water partition coefficient (Wildman–Crippen LogP) is 6.99. The monoisotopic (exact) mass is 544 g/mol. The largest absolute Gasteiger partial charge is 0.354 e. The van der Waals surface area contributed by atoms with E-state index >= 15 is 0 Å². The van der Waals surface area contributed by atoms with Crippen LogP contribution in [0.2, 0.25) is 15.1 Å². The maximum absolute atomic E-state index is 13.7. The van der Waals surface area contributed by atoms with Crippen molar-refractivity contribution in [1.82, 2.24) is 10.2 Å². The zero-order valence-corrected chi connectivity index (χ0v) is 22.8. The third kappa shape index (κ3) is 7.99. The Morgan fingerprint density at radius 2 is 1.44 bits per heavy atom. The molecule has 2 amide bonds. The third-order valence-corrected chi connectivity index (χ3v) is 6.99. The van der Waals surface area contributed by atoms with E-state index in [0.717, 1.165) is 11.1 Å². The zero-order valence-electron chi connectivity index (χ0n) is 20.5. The Bertz CT molecular complexity index is 1150. The summed E-state index contributed by atoms with van der Waals surface area (Å²) >= 11 is 19.3. The molecule has 0 saturated carbocycles. The van der Waals surface area contributed by atoms with E-state index in [-0.39, 0.29) is 30.7 Å². The second-order valence-electron chi connectivity index (χ2n) is 9.16. The number of aryl methyl sites for hydroxylation is 1. The van der Waals surface area contributed by atoms with Gasteiger partial charge in [-0.3, -0.25) is 9.59 Å². The molecule has 0 aromatic heterocycles. The van der Waals surface area contributed by atoms with E-state index in [4.69, 9.17) is 34.8 Å². The van der Waals surface area contributed by atoms with E-state index in [1.54, 1.807) is 29.2 Å². The fraction of sp³-hybridized carbons (Fsp3) is 0.310. The van der Waals surface area contributed by atoms with Gasteiger partial charge < -0.3 is 10.2 Å². The minimum atomic E-state index is -0.739. The lowest BCUT2D eigenvalue weighted by Crippen LogP contribution is -2.51. The Kier molecular flexibility index (Phi) is 10.7. The molecule has 0 fully saturated rings. The smallest absolute Gasteiger partial charge is 0.243 e. The molecule has 0 saturated heterocycles. The molecule has 7 heteroatoms. The molecule has 0 bridgehead atoms. The van der Waals surface area contributed by atoms with E-state index in [2.05, 4.69) is 5.32 Å². The molecule has 3 aromatic carbocycles. The molecule has 3 aromatic rings. The highest BCUT2D eigenvalue weighted by Crippen LogP contribution is 2.28. The summed E-state index contributed by atoms with van der Waals surface area (Å²) in [6.07, 6.45) is 1.01. The van der Waals surface area contributed by atoms with Crippen molar-refractivity contribution in [3.63, 3.8) is 0 Å². The molecular weight excluding hydrogens is 515 g/mol. The standard InChI is InChI=1S/C29H31Cl3N2O2/c1-20(2)18-33-29(36)27(17-21-9-4-3-5-10-21)34(19-23-25(31)13-8-14-26(23)32)28(35)16-15-22-11-6-7-12-24(22)30/h3-14,20,27H,15-19H2,1-2H3,(H,33,36)/t27-/m1/s1. The van der Waals surface area contributed by atoms with Gasteiger partial charge in [0.1, 0.15) is 6.04 Å². The SMILES string of the molecule is CC(C)CNC(=O)[C@@H](Cc1ccccc1)N(Cc1c(Cl)cccc1Cl)C(=O)CCc1ccccc1Cl. The van der Waals surface area contributed by atoms with Gasteiger partial charge in [0.25, 0.3) is 0 Å². The third-order valence-electron chi connectivity index (χ3n) is 5.91. The second-order valence-corrected chi connectivity index (χ2v) is 10.4. The van der Waals surface area contributed by atoms with Gasteiger partial charge in [0, 0.05) is 46.6 Å². The van der Waals surface area contributed by atoms with Crippen LogP contribution in [-0.2, 0) is 29.0 Å². The average molecular weight is 546 g/mol. The molecule has 0 aliphatic heterocycles. The Hall–Kier alpha value is -2.53. The lowest BCUT2D eigenvalue weighted by atomic mass is 10.0. The number of nitrogens with zero attached hydrogens (tertiary/aromatic N) is 1. The number of carbonyl (C=O) groups is 2. The van der Waals surface area contributed by atoms with Crippen molar-refractivity contribution in [1.29, 1.82) is 0 Å². The molecule has 0 heterocycles. The lowest BCUT2D eigenvalue weighted by Gasteiger charge is -2.32. The Morgan fingerprint density at radius 3 is 2.08 bits per heavy atom. The van der Waals surface area contributed by atoms with Crippen LogP contribution in [0.4, 0.5) is 0 Å². The first kappa shape index (κ1) is 28.0. The predicted molar refractivity (Wildman–Crippen MR) is 149 cm³/mol. The van der Waals surface area contributed by atoms with Gasteiger partial charge in [0.15, 0.2) is 0 Å². The Labute approximate surface area is 228 Å². The van der Waals surface area contributed by atoms with Crippen LogP contribution in [0.15, 0.2) is 72.8 Å². The highest BCUT2D eigenvalue weighted by molar-refractivity contribution is 6.36. The van der Waals surface area contributed by atoms with Crippen LogP contribution in [0.3, 0.4) is 0 Å². The van der Waals surface area contributed by atoms with Crippen LogP contribution in [-0.4, -0.2) is 29.3 Å². The fourth-order valence-corrected chi connectivity index (χ4v) is 4.66. The molecule has 0 aliphatic carbocycles. The summed E-state index contributed by atoms with van der Waals surface area (Å²) in [4.78, 5) is 28.8. The van der Waals surface area contributed by atoms with Crippen LogP contribution in [0.25, 0.3) is 0 Å². The number of hydrogen-bond acceptors (Lipinski definition) is 2. The molecular formula is C29H31Cl3N2O2. The Morgan fingerprint density at radius 1 is 0.833 bits per heavy atom. The summed E-state index contributed by atoms with van der Waals surface area (Å²) in [5.41, 5.74) is 2.45. The number of benzene rings is 3. The maximum Gasteiger partial charge on any atom is 0.243 e. The van der Waals surface area contributed by atoms with E-state index in [9.17, 15) is 9.59 Å². The summed E-state index contributed by atoms with van der Waals surface area (Å²) in [7, 11) is 0. The quantitative estimate of drug-likeness (QED) is 0.282. The molecule has 0 spiro atoms. The number of nitrogens with one attached hydrogen (secondary N) is 1. The van der Waals surface area contributed by atoms with Crippen molar-refractivity contribution in [2.75, 3.05) is 6.54 Å². The molecule has 190 valence electrons. The molecule has 1 N–H and O–H groups in total. The van der Waals surface area contributed by atoms with Gasteiger partial charge in [-0.05, 0) is 41.7 Å². The highest BCUT2D eigenvalue weighted by Gasteiger charge is 2.31. The number of hydrogen-bond donors (Lipinski definition) is 1. The second kappa shape index (κ2) is 13.7. The van der Waals surface area contributed by atoms with Crippen molar-refractivity contribution in [3.05, 3.63) is 105 Å². The molecule has 1 atom stereocenters. The number of halogens is 3. The minimum absolute atomic E-state index is 0.118. The summed E-state index contributed by atoms with van der Waals surface area (Å²) in [5.74, 6) is -0.109. The molecule has 0 unspecified atom stereocenters. The van der Waals surface area contributed by atoms with E-state index in [0.29, 0.717) is 40.0 Å². The van der Waals surface area contributed by atoms with Gasteiger partial charge in [-0.15, -0.1) is 0 Å². The first-order valence-corrected chi connectivity index (χ1v) is 13.2. The van der Waals surface area contributed by atoms with Gasteiger partial charge >= 0.3 is 0 Å². The van der Waals surface area contributed by atoms with E-state index in [1.165, 1.54) is 0 Å². The number of rotatable bonds is 11. The van der Waals surface area contributed by atoms with Crippen LogP contribution in [0.5, 0.6) is 0 Å². The summed E-state index contributed by atoms with van der Waals surface area (Å²) < 4.78 is 0. The number of amides is 2. The zero-order chi connectivity index (χ0) is 26.1.